The maximum atomic E-state index is 12.9. The highest BCUT2D eigenvalue weighted by molar-refractivity contribution is 7.92. The fraction of sp³-hybridized carbons (Fsp3) is 0.188. The highest BCUT2D eigenvalue weighted by Crippen LogP contribution is 2.32. The molecule has 0 radical (unpaired) electrons. The Labute approximate surface area is 163 Å². The number of sulfonamides is 1. The fourth-order valence-corrected chi connectivity index (χ4v) is 3.35. The molecule has 0 spiro atoms. The smallest absolute Gasteiger partial charge is 0.323 e. The number of rotatable bonds is 5. The van der Waals surface area contributed by atoms with Gasteiger partial charge in [-0.1, -0.05) is 35.3 Å². The van der Waals surface area contributed by atoms with Crippen LogP contribution in [0.1, 0.15) is 5.56 Å². The first-order valence-electron chi connectivity index (χ1n) is 7.28. The Hall–Kier alpha value is -1.97. The van der Waals surface area contributed by atoms with Crippen LogP contribution in [0.2, 0.25) is 10.0 Å². The monoisotopic (exact) mass is 440 g/mol. The molecule has 0 heterocycles. The van der Waals surface area contributed by atoms with Crippen molar-refractivity contribution in [2.45, 2.75) is 6.18 Å². The van der Waals surface area contributed by atoms with Gasteiger partial charge in [0, 0.05) is 0 Å². The molecule has 2 aromatic rings. The molecule has 0 saturated carbocycles. The van der Waals surface area contributed by atoms with Crippen LogP contribution in [0.4, 0.5) is 24.5 Å². The van der Waals surface area contributed by atoms with Crippen molar-refractivity contribution >= 4 is 50.5 Å². The number of alkyl halides is 3. The van der Waals surface area contributed by atoms with Crippen molar-refractivity contribution < 1.29 is 26.4 Å². The number of nitrogens with one attached hydrogen (secondary N) is 1. The molecule has 0 aliphatic carbocycles. The van der Waals surface area contributed by atoms with Crippen LogP contribution in [0.15, 0.2) is 42.5 Å². The van der Waals surface area contributed by atoms with Gasteiger partial charge in [0.2, 0.25) is 15.9 Å². The predicted octanol–water partition coefficient (Wildman–Crippen LogP) is 4.42. The number of hydrogen-bond acceptors (Lipinski definition) is 3. The molecular formula is C16H13Cl2F3N2O3S. The summed E-state index contributed by atoms with van der Waals surface area (Å²) in [7, 11) is -4.04. The maximum absolute atomic E-state index is 12.9. The quantitative estimate of drug-likeness (QED) is 0.748. The van der Waals surface area contributed by atoms with Crippen molar-refractivity contribution in [3.8, 4) is 0 Å². The number of benzene rings is 2. The molecule has 5 nitrogen and oxygen atoms in total. The lowest BCUT2D eigenvalue weighted by atomic mass is 10.2. The largest absolute Gasteiger partial charge is 0.416 e. The van der Waals surface area contributed by atoms with Crippen LogP contribution < -0.4 is 9.62 Å². The molecule has 2 aromatic carbocycles. The van der Waals surface area contributed by atoms with Gasteiger partial charge in [-0.15, -0.1) is 0 Å². The van der Waals surface area contributed by atoms with E-state index in [1.54, 1.807) is 0 Å². The predicted molar refractivity (Wildman–Crippen MR) is 98.7 cm³/mol. The first-order chi connectivity index (χ1) is 12.4. The summed E-state index contributed by atoms with van der Waals surface area (Å²) >= 11 is 11.8. The summed E-state index contributed by atoms with van der Waals surface area (Å²) in [6, 6.07) is 8.13. The lowest BCUT2D eigenvalue weighted by molar-refractivity contribution is -0.137. The second-order valence-electron chi connectivity index (χ2n) is 5.47. The highest BCUT2D eigenvalue weighted by Gasteiger charge is 2.32. The van der Waals surface area contributed by atoms with Gasteiger partial charge in [0.05, 0.1) is 33.2 Å². The molecule has 1 amide bonds. The summed E-state index contributed by atoms with van der Waals surface area (Å²) < 4.78 is 63.3. The summed E-state index contributed by atoms with van der Waals surface area (Å²) in [6.07, 6.45) is -3.87. The Morgan fingerprint density at radius 3 is 2.37 bits per heavy atom. The average Bonchev–Trinajstić information content (AvgIpc) is 2.55. The van der Waals surface area contributed by atoms with Crippen molar-refractivity contribution in [2.24, 2.45) is 0 Å². The third kappa shape index (κ3) is 5.50. The zero-order valence-corrected chi connectivity index (χ0v) is 16.0. The summed E-state index contributed by atoms with van der Waals surface area (Å²) in [4.78, 5) is 12.2. The average molecular weight is 441 g/mol. The number of halogens is 5. The Kier molecular flexibility index (Phi) is 6.28. The molecule has 0 atom stereocenters. The van der Waals surface area contributed by atoms with E-state index in [0.717, 1.165) is 24.5 Å². The summed E-state index contributed by atoms with van der Waals surface area (Å²) in [6.45, 7) is -0.747. The SMILES string of the molecule is CS(=O)(=O)N(CC(=O)Nc1cccc(Cl)c1Cl)c1cccc(C(F)(F)F)c1. The fourth-order valence-electron chi connectivity index (χ4n) is 2.16. The first kappa shape index (κ1) is 21.3. The second kappa shape index (κ2) is 7.95. The third-order valence-corrected chi connectivity index (χ3v) is 5.33. The third-order valence-electron chi connectivity index (χ3n) is 3.37. The van der Waals surface area contributed by atoms with E-state index in [1.165, 1.54) is 18.2 Å². The molecule has 27 heavy (non-hydrogen) atoms. The standard InChI is InChI=1S/C16H13Cl2F3N2O3S/c1-27(25,26)23(11-5-2-4-10(8-11)16(19,20)21)9-14(24)22-13-7-3-6-12(17)15(13)18/h2-8H,9H2,1H3,(H,22,24). The molecule has 0 aliphatic heterocycles. The van der Waals surface area contributed by atoms with E-state index in [2.05, 4.69) is 5.32 Å². The molecule has 146 valence electrons. The number of carbonyl (C=O) groups is 1. The van der Waals surface area contributed by atoms with Crippen LogP contribution in [0.5, 0.6) is 0 Å². The van der Waals surface area contributed by atoms with Crippen molar-refractivity contribution in [1.29, 1.82) is 0 Å². The Morgan fingerprint density at radius 2 is 1.78 bits per heavy atom. The minimum absolute atomic E-state index is 0.0532. The Balaban J connectivity index is 2.31. The Bertz CT molecular complexity index is 966. The maximum Gasteiger partial charge on any atom is 0.416 e. The van der Waals surface area contributed by atoms with Crippen molar-refractivity contribution in [3.63, 3.8) is 0 Å². The number of carbonyl (C=O) groups excluding carboxylic acids is 1. The van der Waals surface area contributed by atoms with Crippen LogP contribution in [-0.2, 0) is 21.0 Å². The van der Waals surface area contributed by atoms with Crippen molar-refractivity contribution in [3.05, 3.63) is 58.1 Å². The van der Waals surface area contributed by atoms with Gasteiger partial charge in [-0.05, 0) is 30.3 Å². The molecule has 0 unspecified atom stereocenters. The number of anilines is 2. The summed E-state index contributed by atoms with van der Waals surface area (Å²) in [5.41, 5.74) is -1.18. The van der Waals surface area contributed by atoms with Gasteiger partial charge in [-0.25, -0.2) is 8.42 Å². The topological polar surface area (TPSA) is 66.5 Å². The molecule has 2 rings (SSSR count). The van der Waals surface area contributed by atoms with Gasteiger partial charge in [-0.2, -0.15) is 13.2 Å². The normalized spacial score (nSPS) is 11.9. The van der Waals surface area contributed by atoms with Crippen LogP contribution in [0.25, 0.3) is 0 Å². The molecular weight excluding hydrogens is 428 g/mol. The minimum Gasteiger partial charge on any atom is -0.323 e. The number of hydrogen-bond donors (Lipinski definition) is 1. The summed E-state index contributed by atoms with van der Waals surface area (Å²) in [5, 5.41) is 2.61. The molecule has 11 heteroatoms. The van der Waals surface area contributed by atoms with Crippen LogP contribution >= 0.6 is 23.2 Å². The van der Waals surface area contributed by atoms with E-state index in [-0.39, 0.29) is 21.4 Å². The highest BCUT2D eigenvalue weighted by atomic mass is 35.5. The lowest BCUT2D eigenvalue weighted by Gasteiger charge is -2.23. The molecule has 0 aromatic heterocycles. The van der Waals surface area contributed by atoms with E-state index in [0.29, 0.717) is 10.4 Å². The second-order valence-corrected chi connectivity index (χ2v) is 8.16. The van der Waals surface area contributed by atoms with E-state index in [9.17, 15) is 26.4 Å². The molecule has 0 fully saturated rings. The molecule has 0 saturated heterocycles. The minimum atomic E-state index is -4.66. The zero-order valence-electron chi connectivity index (χ0n) is 13.7. The number of nitrogens with zero attached hydrogens (tertiary/aromatic N) is 1. The molecule has 0 aliphatic rings. The number of amides is 1. The summed E-state index contributed by atoms with van der Waals surface area (Å²) in [5.74, 6) is -0.804. The first-order valence-corrected chi connectivity index (χ1v) is 9.89. The van der Waals surface area contributed by atoms with Gasteiger partial charge in [-0.3, -0.25) is 9.10 Å². The van der Waals surface area contributed by atoms with Gasteiger partial charge >= 0.3 is 6.18 Å². The van der Waals surface area contributed by atoms with Gasteiger partial charge in [0.15, 0.2) is 0 Å². The zero-order chi connectivity index (χ0) is 20.4. The van der Waals surface area contributed by atoms with Gasteiger partial charge in [0.1, 0.15) is 6.54 Å². The van der Waals surface area contributed by atoms with E-state index < -0.39 is 34.2 Å². The van der Waals surface area contributed by atoms with E-state index in [4.69, 9.17) is 23.2 Å². The van der Waals surface area contributed by atoms with Crippen LogP contribution in [0, 0.1) is 0 Å². The van der Waals surface area contributed by atoms with E-state index in [1.807, 2.05) is 0 Å². The Morgan fingerprint density at radius 1 is 1.15 bits per heavy atom. The van der Waals surface area contributed by atoms with Crippen LogP contribution in [-0.4, -0.2) is 27.1 Å². The molecule has 0 bridgehead atoms. The van der Waals surface area contributed by atoms with Crippen molar-refractivity contribution in [2.75, 3.05) is 22.4 Å². The van der Waals surface area contributed by atoms with Gasteiger partial charge < -0.3 is 5.32 Å². The lowest BCUT2D eigenvalue weighted by Crippen LogP contribution is -2.37. The molecule has 1 N–H and O–H groups in total. The van der Waals surface area contributed by atoms with Crippen LogP contribution in [0.3, 0.4) is 0 Å². The van der Waals surface area contributed by atoms with Gasteiger partial charge in [0.25, 0.3) is 0 Å². The van der Waals surface area contributed by atoms with E-state index >= 15 is 0 Å². The van der Waals surface area contributed by atoms with Crippen molar-refractivity contribution in [1.82, 2.24) is 0 Å².